The van der Waals surface area contributed by atoms with Gasteiger partial charge in [-0.3, -0.25) is 14.5 Å². The van der Waals surface area contributed by atoms with Gasteiger partial charge in [-0.05, 0) is 43.3 Å². The number of carbonyl (C=O) groups is 3. The van der Waals surface area contributed by atoms with Crippen LogP contribution >= 0.6 is 0 Å². The van der Waals surface area contributed by atoms with Crippen LogP contribution in [-0.4, -0.2) is 39.1 Å². The largest absolute Gasteiger partial charge is 0.497 e. The van der Waals surface area contributed by atoms with Gasteiger partial charge in [0.2, 0.25) is 11.8 Å². The number of nitrogens with zero attached hydrogens (tertiary/aromatic N) is 1. The van der Waals surface area contributed by atoms with E-state index in [0.29, 0.717) is 22.9 Å². The van der Waals surface area contributed by atoms with Crippen LogP contribution < -0.4 is 19.7 Å². The molecule has 1 N–H and O–H groups in total. The zero-order valence-corrected chi connectivity index (χ0v) is 18.1. The average Bonchev–Trinajstić information content (AvgIpc) is 2.79. The third-order valence-electron chi connectivity index (χ3n) is 5.17. The third-order valence-corrected chi connectivity index (χ3v) is 5.17. The lowest BCUT2D eigenvalue weighted by Crippen LogP contribution is -2.43. The normalized spacial score (nSPS) is 16.0. The van der Waals surface area contributed by atoms with E-state index in [4.69, 9.17) is 14.2 Å². The minimum absolute atomic E-state index is 0.0430. The number of esters is 1. The molecule has 9 heteroatoms. The molecule has 168 valence electrons. The van der Waals surface area contributed by atoms with Crippen molar-refractivity contribution in [2.45, 2.75) is 13.3 Å². The van der Waals surface area contributed by atoms with Gasteiger partial charge in [0.25, 0.3) is 0 Å². The molecule has 0 saturated heterocycles. The van der Waals surface area contributed by atoms with Gasteiger partial charge in [0.15, 0.2) is 0 Å². The summed E-state index contributed by atoms with van der Waals surface area (Å²) in [6, 6.07) is 10.1. The molecular weight excluding hydrogens is 419 g/mol. The maximum Gasteiger partial charge on any atom is 0.336 e. The molecule has 1 unspecified atom stereocenters. The van der Waals surface area contributed by atoms with Gasteiger partial charge < -0.3 is 19.5 Å². The van der Waals surface area contributed by atoms with Gasteiger partial charge in [-0.2, -0.15) is 0 Å². The smallest absolute Gasteiger partial charge is 0.336 e. The van der Waals surface area contributed by atoms with E-state index in [-0.39, 0.29) is 17.7 Å². The van der Waals surface area contributed by atoms with Crippen LogP contribution in [0.25, 0.3) is 0 Å². The number of carbonyl (C=O) groups excluding carboxylic acids is 3. The maximum atomic E-state index is 13.3. The molecule has 3 rings (SSSR count). The highest BCUT2D eigenvalue weighted by Crippen LogP contribution is 2.35. The van der Waals surface area contributed by atoms with Gasteiger partial charge in [-0.25, -0.2) is 9.18 Å². The Kier molecular flexibility index (Phi) is 6.77. The molecule has 0 saturated carbocycles. The zero-order valence-electron chi connectivity index (χ0n) is 18.1. The third kappa shape index (κ3) is 4.41. The fourth-order valence-electron chi connectivity index (χ4n) is 3.60. The molecule has 1 atom stereocenters. The number of ether oxygens (including phenoxy) is 3. The number of amides is 2. The Morgan fingerprint density at radius 1 is 1.06 bits per heavy atom. The summed E-state index contributed by atoms with van der Waals surface area (Å²) in [5.74, 6) is -2.37. The number of nitrogens with one attached hydrogen (secondary N) is 1. The molecule has 0 fully saturated rings. The molecular formula is C23H23FN2O6. The number of anilines is 2. The number of hydrogen-bond donors (Lipinski definition) is 1. The van der Waals surface area contributed by atoms with E-state index in [9.17, 15) is 18.8 Å². The van der Waals surface area contributed by atoms with Crippen LogP contribution in [0.15, 0.2) is 53.7 Å². The van der Waals surface area contributed by atoms with Crippen molar-refractivity contribution in [3.63, 3.8) is 0 Å². The molecule has 8 nitrogen and oxygen atoms in total. The highest BCUT2D eigenvalue weighted by atomic mass is 19.1. The van der Waals surface area contributed by atoms with Crippen molar-refractivity contribution in [1.29, 1.82) is 0 Å². The second kappa shape index (κ2) is 9.51. The van der Waals surface area contributed by atoms with Crippen LogP contribution in [0.4, 0.5) is 15.8 Å². The van der Waals surface area contributed by atoms with Crippen LogP contribution in [0.2, 0.25) is 0 Å². The van der Waals surface area contributed by atoms with Crippen LogP contribution in [0, 0.1) is 11.7 Å². The molecule has 1 heterocycles. The molecule has 2 aromatic carbocycles. The van der Waals surface area contributed by atoms with Crippen molar-refractivity contribution in [2.75, 3.05) is 31.5 Å². The van der Waals surface area contributed by atoms with Crippen LogP contribution in [0.5, 0.6) is 11.5 Å². The van der Waals surface area contributed by atoms with E-state index in [1.807, 2.05) is 0 Å². The Bertz CT molecular complexity index is 1080. The second-order valence-electron chi connectivity index (χ2n) is 7.01. The Hall–Kier alpha value is -3.88. The second-order valence-corrected chi connectivity index (χ2v) is 7.01. The fourth-order valence-corrected chi connectivity index (χ4v) is 3.60. The molecule has 0 aromatic heterocycles. The summed E-state index contributed by atoms with van der Waals surface area (Å²) < 4.78 is 28.7. The van der Waals surface area contributed by atoms with E-state index in [1.165, 1.54) is 50.5 Å². The first-order chi connectivity index (χ1) is 15.3. The number of allylic oxidation sites excluding steroid dienone is 1. The first kappa shape index (κ1) is 22.8. The highest BCUT2D eigenvalue weighted by Gasteiger charge is 2.40. The van der Waals surface area contributed by atoms with Gasteiger partial charge in [0, 0.05) is 23.9 Å². The summed E-state index contributed by atoms with van der Waals surface area (Å²) in [6.07, 6.45) is -0.274. The highest BCUT2D eigenvalue weighted by molar-refractivity contribution is 6.10. The minimum Gasteiger partial charge on any atom is -0.497 e. The molecule has 0 radical (unpaired) electrons. The Morgan fingerprint density at radius 2 is 1.75 bits per heavy atom. The predicted octanol–water partition coefficient (Wildman–Crippen LogP) is 3.28. The number of halogens is 1. The summed E-state index contributed by atoms with van der Waals surface area (Å²) >= 11 is 0. The molecule has 32 heavy (non-hydrogen) atoms. The van der Waals surface area contributed by atoms with E-state index < -0.39 is 29.5 Å². The van der Waals surface area contributed by atoms with Gasteiger partial charge in [-0.1, -0.05) is 0 Å². The topological polar surface area (TPSA) is 94.2 Å². The minimum atomic E-state index is -1.08. The summed E-state index contributed by atoms with van der Waals surface area (Å²) in [5, 5.41) is 2.71. The summed E-state index contributed by atoms with van der Waals surface area (Å²) in [4.78, 5) is 40.0. The summed E-state index contributed by atoms with van der Waals surface area (Å²) in [6.45, 7) is 1.54. The van der Waals surface area contributed by atoms with E-state index in [0.717, 1.165) is 0 Å². The zero-order chi connectivity index (χ0) is 23.4. The standard InChI is InChI=1S/C23H23FN2O6/c1-13-21(23(29)32-4)17(12-20(27)26(13)15-7-5-14(24)6-8-15)22(28)25-18-10-9-16(30-2)11-19(18)31-3/h5-11,17H,12H2,1-4H3,(H,25,28). The van der Waals surface area contributed by atoms with E-state index in [2.05, 4.69) is 5.32 Å². The van der Waals surface area contributed by atoms with Crippen LogP contribution in [0.3, 0.4) is 0 Å². The first-order valence-corrected chi connectivity index (χ1v) is 9.71. The monoisotopic (exact) mass is 442 g/mol. The molecule has 0 spiro atoms. The van der Waals surface area contributed by atoms with Gasteiger partial charge in [-0.15, -0.1) is 0 Å². The van der Waals surface area contributed by atoms with E-state index >= 15 is 0 Å². The molecule has 1 aliphatic rings. The predicted molar refractivity (Wildman–Crippen MR) is 115 cm³/mol. The van der Waals surface area contributed by atoms with Crippen molar-refractivity contribution < 1.29 is 33.0 Å². The maximum absolute atomic E-state index is 13.3. The van der Waals surface area contributed by atoms with Gasteiger partial charge in [0.1, 0.15) is 17.3 Å². The summed E-state index contributed by atoms with van der Waals surface area (Å²) in [5.41, 5.74) is 1.02. The lowest BCUT2D eigenvalue weighted by atomic mass is 9.88. The molecule has 0 bridgehead atoms. The molecule has 1 aliphatic heterocycles. The van der Waals surface area contributed by atoms with Crippen LogP contribution in [0.1, 0.15) is 13.3 Å². The Labute approximate surface area is 184 Å². The first-order valence-electron chi connectivity index (χ1n) is 9.71. The van der Waals surface area contributed by atoms with Crippen molar-refractivity contribution in [1.82, 2.24) is 0 Å². The molecule has 0 aliphatic carbocycles. The van der Waals surface area contributed by atoms with Crippen molar-refractivity contribution >= 4 is 29.2 Å². The Morgan fingerprint density at radius 3 is 2.34 bits per heavy atom. The molecule has 2 aromatic rings. The lowest BCUT2D eigenvalue weighted by Gasteiger charge is -2.33. The van der Waals surface area contributed by atoms with E-state index in [1.54, 1.807) is 25.1 Å². The van der Waals surface area contributed by atoms with Gasteiger partial charge in [0.05, 0.1) is 38.5 Å². The van der Waals surface area contributed by atoms with Gasteiger partial charge >= 0.3 is 5.97 Å². The lowest BCUT2D eigenvalue weighted by molar-refractivity contribution is -0.138. The SMILES string of the molecule is COC(=O)C1=C(C)N(c2ccc(F)cc2)C(=O)CC1C(=O)Nc1ccc(OC)cc1OC. The number of rotatable bonds is 6. The number of benzene rings is 2. The Balaban J connectivity index is 1.99. The number of hydrogen-bond acceptors (Lipinski definition) is 6. The van der Waals surface area contributed by atoms with Crippen molar-refractivity contribution in [2.24, 2.45) is 5.92 Å². The fraction of sp³-hybridized carbons (Fsp3) is 0.261. The van der Waals surface area contributed by atoms with Crippen molar-refractivity contribution in [3.05, 3.63) is 59.6 Å². The average molecular weight is 442 g/mol. The van der Waals surface area contributed by atoms with Crippen molar-refractivity contribution in [3.8, 4) is 11.5 Å². The molecule has 2 amide bonds. The summed E-state index contributed by atoms with van der Waals surface area (Å²) in [7, 11) is 4.14. The number of methoxy groups -OCH3 is 3. The van der Waals surface area contributed by atoms with Crippen LogP contribution in [-0.2, 0) is 19.1 Å². The quantitative estimate of drug-likeness (QED) is 0.690.